The number of non-ortho nitro benzene ring substituents is 1. The van der Waals surface area contributed by atoms with Crippen molar-refractivity contribution < 1.29 is 28.3 Å². The molecule has 0 saturated heterocycles. The molecular formula is C10H12N2O7S. The van der Waals surface area contributed by atoms with Crippen LogP contribution in [0.1, 0.15) is 10.4 Å². The van der Waals surface area contributed by atoms with Crippen LogP contribution in [0, 0.1) is 10.1 Å². The number of aliphatic hydroxyl groups excluding tert-OH is 1. The molecule has 0 aliphatic heterocycles. The molecule has 2 N–H and O–H groups in total. The van der Waals surface area contributed by atoms with Crippen LogP contribution in [-0.2, 0) is 10.0 Å². The van der Waals surface area contributed by atoms with E-state index < -0.39 is 43.7 Å². The molecule has 9 nitrogen and oxygen atoms in total. The standard InChI is InChI=1S/C10H12N2O7S/c1-11(4-5-13)20(18,19)9-3-2-7(12(16)17)6-8(9)10(14)15/h2-3,6,13H,4-5H2,1H3,(H,14,15). The van der Waals surface area contributed by atoms with Crippen LogP contribution < -0.4 is 0 Å². The van der Waals surface area contributed by atoms with Crippen LogP contribution in [0.5, 0.6) is 0 Å². The average molecular weight is 304 g/mol. The summed E-state index contributed by atoms with van der Waals surface area (Å²) in [7, 11) is -2.98. The lowest BCUT2D eigenvalue weighted by atomic mass is 10.2. The Labute approximate surface area is 114 Å². The molecule has 0 heterocycles. The van der Waals surface area contributed by atoms with Gasteiger partial charge in [0.2, 0.25) is 10.0 Å². The summed E-state index contributed by atoms with van der Waals surface area (Å²) in [6, 6.07) is 2.46. The molecule has 0 aliphatic rings. The van der Waals surface area contributed by atoms with Crippen molar-refractivity contribution in [2.24, 2.45) is 0 Å². The molecule has 10 heteroatoms. The third-order valence-electron chi connectivity index (χ3n) is 2.51. The van der Waals surface area contributed by atoms with Gasteiger partial charge < -0.3 is 10.2 Å². The number of nitro groups is 1. The first-order chi connectivity index (χ1) is 9.21. The number of carbonyl (C=O) groups is 1. The van der Waals surface area contributed by atoms with Crippen molar-refractivity contribution in [1.82, 2.24) is 4.31 Å². The second-order valence-electron chi connectivity index (χ2n) is 3.79. The Kier molecular flexibility index (Phi) is 4.76. The zero-order valence-corrected chi connectivity index (χ0v) is 11.2. The fourth-order valence-electron chi connectivity index (χ4n) is 1.45. The van der Waals surface area contributed by atoms with Crippen LogP contribution in [-0.4, -0.2) is 54.0 Å². The molecular weight excluding hydrogens is 292 g/mol. The zero-order chi connectivity index (χ0) is 15.5. The summed E-state index contributed by atoms with van der Waals surface area (Å²) in [5.41, 5.74) is -1.21. The van der Waals surface area contributed by atoms with Crippen molar-refractivity contribution in [2.45, 2.75) is 4.90 Å². The summed E-state index contributed by atoms with van der Waals surface area (Å²) in [5.74, 6) is -1.59. The molecule has 110 valence electrons. The number of hydrogen-bond acceptors (Lipinski definition) is 6. The van der Waals surface area contributed by atoms with Crippen molar-refractivity contribution in [3.05, 3.63) is 33.9 Å². The minimum Gasteiger partial charge on any atom is -0.478 e. The van der Waals surface area contributed by atoms with E-state index in [0.29, 0.717) is 6.07 Å². The number of sulfonamides is 1. The lowest BCUT2D eigenvalue weighted by molar-refractivity contribution is -0.384. The topological polar surface area (TPSA) is 138 Å². The maximum atomic E-state index is 12.1. The molecule has 1 aromatic rings. The molecule has 1 rings (SSSR count). The predicted molar refractivity (Wildman–Crippen MR) is 67.0 cm³/mol. The second-order valence-corrected chi connectivity index (χ2v) is 5.81. The third-order valence-corrected chi connectivity index (χ3v) is 4.42. The number of nitrogens with zero attached hydrogens (tertiary/aromatic N) is 2. The van der Waals surface area contributed by atoms with E-state index >= 15 is 0 Å². The maximum Gasteiger partial charge on any atom is 0.337 e. The van der Waals surface area contributed by atoms with Gasteiger partial charge in [0.15, 0.2) is 0 Å². The van der Waals surface area contributed by atoms with Crippen molar-refractivity contribution in [3.63, 3.8) is 0 Å². The summed E-state index contributed by atoms with van der Waals surface area (Å²) in [6.45, 7) is -0.663. The Morgan fingerprint density at radius 1 is 1.45 bits per heavy atom. The highest BCUT2D eigenvalue weighted by Gasteiger charge is 2.28. The highest BCUT2D eigenvalue weighted by atomic mass is 32.2. The minimum absolute atomic E-state index is 0.224. The lowest BCUT2D eigenvalue weighted by Crippen LogP contribution is -2.30. The number of carboxylic acid groups (broad SMARTS) is 1. The van der Waals surface area contributed by atoms with Gasteiger partial charge in [0.1, 0.15) is 0 Å². The Bertz CT molecular complexity index is 641. The Balaban J connectivity index is 3.45. The van der Waals surface area contributed by atoms with Crippen LogP contribution in [0.4, 0.5) is 5.69 Å². The monoisotopic (exact) mass is 304 g/mol. The fraction of sp³-hybridized carbons (Fsp3) is 0.300. The molecule has 0 spiro atoms. The summed E-state index contributed by atoms with van der Waals surface area (Å²) >= 11 is 0. The van der Waals surface area contributed by atoms with Crippen molar-refractivity contribution >= 4 is 21.7 Å². The highest BCUT2D eigenvalue weighted by molar-refractivity contribution is 7.89. The number of aliphatic hydroxyl groups is 1. The van der Waals surface area contributed by atoms with E-state index in [1.807, 2.05) is 0 Å². The summed E-state index contributed by atoms with van der Waals surface area (Å²) in [5, 5.41) is 28.3. The maximum absolute atomic E-state index is 12.1. The second kappa shape index (κ2) is 5.94. The van der Waals surface area contributed by atoms with E-state index in [4.69, 9.17) is 10.2 Å². The van der Waals surface area contributed by atoms with Gasteiger partial charge in [-0.3, -0.25) is 10.1 Å². The van der Waals surface area contributed by atoms with Gasteiger partial charge in [-0.2, -0.15) is 4.31 Å². The zero-order valence-electron chi connectivity index (χ0n) is 10.4. The molecule has 0 amide bonds. The number of likely N-dealkylation sites (N-methyl/N-ethyl adjacent to an activating group) is 1. The van der Waals surface area contributed by atoms with Crippen LogP contribution in [0.3, 0.4) is 0 Å². The van der Waals surface area contributed by atoms with E-state index in [0.717, 1.165) is 16.4 Å². The summed E-state index contributed by atoms with van der Waals surface area (Å²) in [6.07, 6.45) is 0. The van der Waals surface area contributed by atoms with Crippen LogP contribution in [0.25, 0.3) is 0 Å². The predicted octanol–water partition coefficient (Wildman–Crippen LogP) is -0.0942. The van der Waals surface area contributed by atoms with Crippen molar-refractivity contribution in [1.29, 1.82) is 0 Å². The molecule has 0 aliphatic carbocycles. The van der Waals surface area contributed by atoms with Gasteiger partial charge in [0.05, 0.1) is 22.0 Å². The highest BCUT2D eigenvalue weighted by Crippen LogP contribution is 2.24. The first kappa shape index (κ1) is 16.0. The van der Waals surface area contributed by atoms with E-state index in [1.54, 1.807) is 0 Å². The van der Waals surface area contributed by atoms with E-state index in [9.17, 15) is 23.3 Å². The van der Waals surface area contributed by atoms with Crippen molar-refractivity contribution in [3.8, 4) is 0 Å². The fourth-order valence-corrected chi connectivity index (χ4v) is 2.77. The molecule has 0 radical (unpaired) electrons. The average Bonchev–Trinajstić information content (AvgIpc) is 2.38. The molecule has 1 aromatic carbocycles. The number of hydrogen-bond donors (Lipinski definition) is 2. The van der Waals surface area contributed by atoms with Crippen molar-refractivity contribution in [2.75, 3.05) is 20.2 Å². The van der Waals surface area contributed by atoms with E-state index in [1.165, 1.54) is 7.05 Å². The molecule has 0 saturated carbocycles. The van der Waals surface area contributed by atoms with Gasteiger partial charge in [-0.1, -0.05) is 0 Å². The molecule has 0 atom stereocenters. The summed E-state index contributed by atoms with van der Waals surface area (Å²) < 4.78 is 25.0. The molecule has 20 heavy (non-hydrogen) atoms. The summed E-state index contributed by atoms with van der Waals surface area (Å²) in [4.78, 5) is 20.3. The third kappa shape index (κ3) is 3.10. The SMILES string of the molecule is CN(CCO)S(=O)(=O)c1ccc([N+](=O)[O-])cc1C(=O)O. The number of benzene rings is 1. The smallest absolute Gasteiger partial charge is 0.337 e. The molecule has 0 unspecified atom stereocenters. The lowest BCUT2D eigenvalue weighted by Gasteiger charge is -2.17. The van der Waals surface area contributed by atoms with Crippen LogP contribution in [0.15, 0.2) is 23.1 Å². The molecule has 0 bridgehead atoms. The Hall–Kier alpha value is -2.04. The number of rotatable bonds is 6. The van der Waals surface area contributed by atoms with Gasteiger partial charge in [0, 0.05) is 25.7 Å². The van der Waals surface area contributed by atoms with Crippen LogP contribution in [0.2, 0.25) is 0 Å². The van der Waals surface area contributed by atoms with Gasteiger partial charge in [-0.05, 0) is 6.07 Å². The van der Waals surface area contributed by atoms with Gasteiger partial charge in [-0.25, -0.2) is 13.2 Å². The Morgan fingerprint density at radius 3 is 2.50 bits per heavy atom. The number of carboxylic acids is 1. The first-order valence-electron chi connectivity index (χ1n) is 5.30. The largest absolute Gasteiger partial charge is 0.478 e. The molecule has 0 aromatic heterocycles. The minimum atomic E-state index is -4.15. The Morgan fingerprint density at radius 2 is 2.05 bits per heavy atom. The van der Waals surface area contributed by atoms with Gasteiger partial charge in [0.25, 0.3) is 5.69 Å². The van der Waals surface area contributed by atoms with E-state index in [2.05, 4.69) is 0 Å². The van der Waals surface area contributed by atoms with Gasteiger partial charge in [-0.15, -0.1) is 0 Å². The normalized spacial score (nSPS) is 11.6. The molecule has 0 fully saturated rings. The number of aromatic carboxylic acids is 1. The van der Waals surface area contributed by atoms with Crippen LogP contribution >= 0.6 is 0 Å². The van der Waals surface area contributed by atoms with Gasteiger partial charge >= 0.3 is 5.97 Å². The number of nitro benzene ring substituents is 1. The quantitative estimate of drug-likeness (QED) is 0.553. The first-order valence-corrected chi connectivity index (χ1v) is 6.74. The van der Waals surface area contributed by atoms with E-state index in [-0.39, 0.29) is 6.54 Å².